The average Bonchev–Trinajstić information content (AvgIpc) is 2.41. The summed E-state index contributed by atoms with van der Waals surface area (Å²) in [6.07, 6.45) is -4.75. The molecule has 0 spiro atoms. The van der Waals surface area contributed by atoms with Gasteiger partial charge in [-0.25, -0.2) is 17.5 Å². The van der Waals surface area contributed by atoms with E-state index < -0.39 is 32.5 Å². The van der Waals surface area contributed by atoms with Gasteiger partial charge in [0, 0.05) is 26.7 Å². The highest BCUT2D eigenvalue weighted by molar-refractivity contribution is 7.89. The Bertz CT molecular complexity index is 596. The second-order valence-electron chi connectivity index (χ2n) is 4.28. The van der Waals surface area contributed by atoms with Crippen LogP contribution in [0.3, 0.4) is 0 Å². The summed E-state index contributed by atoms with van der Waals surface area (Å²) in [5, 5.41) is 2.83. The van der Waals surface area contributed by atoms with Crippen molar-refractivity contribution in [2.75, 3.05) is 33.4 Å². The molecule has 0 amide bonds. The first-order valence-electron chi connectivity index (χ1n) is 6.24. The van der Waals surface area contributed by atoms with E-state index in [1.807, 2.05) is 4.72 Å². The van der Waals surface area contributed by atoms with E-state index in [1.54, 1.807) is 0 Å². The van der Waals surface area contributed by atoms with Crippen LogP contribution in [0.4, 0.5) is 17.6 Å². The molecule has 0 saturated carbocycles. The summed E-state index contributed by atoms with van der Waals surface area (Å²) in [4.78, 5) is -1.03. The molecule has 134 valence electrons. The lowest BCUT2D eigenvalue weighted by Gasteiger charge is -2.11. The molecule has 0 saturated heterocycles. The molecule has 1 aromatic rings. The van der Waals surface area contributed by atoms with Crippen LogP contribution < -0.4 is 10.0 Å². The minimum Gasteiger partial charge on any atom is -0.383 e. The van der Waals surface area contributed by atoms with Crippen LogP contribution in [0.15, 0.2) is 23.1 Å². The van der Waals surface area contributed by atoms with Crippen molar-refractivity contribution in [2.24, 2.45) is 0 Å². The van der Waals surface area contributed by atoms with Gasteiger partial charge in [-0.1, -0.05) is 0 Å². The van der Waals surface area contributed by atoms with Crippen molar-refractivity contribution in [3.63, 3.8) is 0 Å². The lowest BCUT2D eigenvalue weighted by Crippen LogP contribution is -2.33. The third kappa shape index (κ3) is 7.00. The fourth-order valence-electron chi connectivity index (χ4n) is 1.54. The lowest BCUT2D eigenvalue weighted by atomic mass is 10.2. The van der Waals surface area contributed by atoms with Gasteiger partial charge < -0.3 is 10.1 Å². The molecule has 0 fully saturated rings. The van der Waals surface area contributed by atoms with E-state index in [4.69, 9.17) is 4.74 Å². The Labute approximate surface area is 137 Å². The molecule has 2 N–H and O–H groups in total. The standard InChI is InChI=1S/C12H16F4N2O3S.ClH/c1-21-7-6-17-4-5-18-22(19,20)11-8-9(12(14,15)16)2-3-10(11)13;/h2-3,8,17-18H,4-7H2,1H3;1H. The quantitative estimate of drug-likeness (QED) is 0.533. The Morgan fingerprint density at radius 1 is 1.17 bits per heavy atom. The Morgan fingerprint density at radius 2 is 1.83 bits per heavy atom. The summed E-state index contributed by atoms with van der Waals surface area (Å²) in [5.41, 5.74) is -1.23. The zero-order valence-corrected chi connectivity index (χ0v) is 13.7. The molecule has 0 bridgehead atoms. The lowest BCUT2D eigenvalue weighted by molar-refractivity contribution is -0.137. The maximum absolute atomic E-state index is 13.5. The Hall–Kier alpha value is -0.940. The first kappa shape index (κ1) is 22.1. The smallest absolute Gasteiger partial charge is 0.383 e. The molecule has 1 rings (SSSR count). The van der Waals surface area contributed by atoms with E-state index in [1.165, 1.54) is 7.11 Å². The van der Waals surface area contributed by atoms with Crippen LogP contribution in [0, 0.1) is 5.82 Å². The Kier molecular flexibility index (Phi) is 9.00. The number of nitrogens with one attached hydrogen (secondary N) is 2. The van der Waals surface area contributed by atoms with Crippen LogP contribution >= 0.6 is 12.4 Å². The molecule has 0 unspecified atom stereocenters. The van der Waals surface area contributed by atoms with Gasteiger partial charge in [0.2, 0.25) is 10.0 Å². The van der Waals surface area contributed by atoms with E-state index in [0.717, 1.165) is 0 Å². The van der Waals surface area contributed by atoms with Gasteiger partial charge in [-0.2, -0.15) is 13.2 Å². The average molecular weight is 381 g/mol. The van der Waals surface area contributed by atoms with Crippen molar-refractivity contribution >= 4 is 22.4 Å². The molecule has 0 aromatic heterocycles. The number of hydrogen-bond acceptors (Lipinski definition) is 4. The molecule has 0 atom stereocenters. The van der Waals surface area contributed by atoms with Gasteiger partial charge in [-0.15, -0.1) is 12.4 Å². The predicted molar refractivity (Wildman–Crippen MR) is 78.6 cm³/mol. The minimum atomic E-state index is -4.75. The second-order valence-corrected chi connectivity index (χ2v) is 6.02. The summed E-state index contributed by atoms with van der Waals surface area (Å²) in [5.74, 6) is -1.24. The van der Waals surface area contributed by atoms with Crippen molar-refractivity contribution in [3.05, 3.63) is 29.6 Å². The van der Waals surface area contributed by atoms with Crippen LogP contribution in [-0.2, 0) is 20.9 Å². The molecule has 11 heteroatoms. The van der Waals surface area contributed by atoms with Crippen LogP contribution in [0.25, 0.3) is 0 Å². The molecule has 0 aliphatic heterocycles. The van der Waals surface area contributed by atoms with E-state index in [-0.39, 0.29) is 31.6 Å². The van der Waals surface area contributed by atoms with Gasteiger partial charge in [0.25, 0.3) is 0 Å². The summed E-state index contributed by atoms with van der Waals surface area (Å²) in [6.45, 7) is 1.04. The zero-order chi connectivity index (χ0) is 16.8. The largest absolute Gasteiger partial charge is 0.416 e. The van der Waals surface area contributed by atoms with Gasteiger partial charge in [-0.3, -0.25) is 0 Å². The predicted octanol–water partition coefficient (Wildman–Crippen LogP) is 1.78. The van der Waals surface area contributed by atoms with E-state index >= 15 is 0 Å². The van der Waals surface area contributed by atoms with Gasteiger partial charge in [0.05, 0.1) is 12.2 Å². The maximum Gasteiger partial charge on any atom is 0.416 e. The molecular formula is C12H17ClF4N2O3S. The summed E-state index contributed by atoms with van der Waals surface area (Å²) in [7, 11) is -2.86. The molecule has 23 heavy (non-hydrogen) atoms. The van der Waals surface area contributed by atoms with Gasteiger partial charge >= 0.3 is 6.18 Å². The van der Waals surface area contributed by atoms with Crippen molar-refractivity contribution in [1.29, 1.82) is 0 Å². The molecule has 0 aliphatic rings. The molecular weight excluding hydrogens is 364 g/mol. The molecule has 0 heterocycles. The van der Waals surface area contributed by atoms with E-state index in [9.17, 15) is 26.0 Å². The summed E-state index contributed by atoms with van der Waals surface area (Å²) < 4.78 is 81.7. The molecule has 5 nitrogen and oxygen atoms in total. The van der Waals surface area contributed by atoms with Crippen molar-refractivity contribution < 1.29 is 30.7 Å². The van der Waals surface area contributed by atoms with Crippen molar-refractivity contribution in [1.82, 2.24) is 10.0 Å². The summed E-state index contributed by atoms with van der Waals surface area (Å²) in [6, 6.07) is 1.24. The van der Waals surface area contributed by atoms with E-state index in [2.05, 4.69) is 5.32 Å². The van der Waals surface area contributed by atoms with E-state index in [0.29, 0.717) is 25.3 Å². The number of methoxy groups -OCH3 is 1. The van der Waals surface area contributed by atoms with Crippen LogP contribution in [-0.4, -0.2) is 41.8 Å². The Morgan fingerprint density at radius 3 is 2.39 bits per heavy atom. The highest BCUT2D eigenvalue weighted by Gasteiger charge is 2.33. The SMILES string of the molecule is COCCNCCNS(=O)(=O)c1cc(C(F)(F)F)ccc1F.Cl. The highest BCUT2D eigenvalue weighted by Crippen LogP contribution is 2.31. The van der Waals surface area contributed by atoms with Gasteiger partial charge in [0.15, 0.2) is 0 Å². The topological polar surface area (TPSA) is 67.4 Å². The van der Waals surface area contributed by atoms with Crippen LogP contribution in [0.1, 0.15) is 5.56 Å². The number of alkyl halides is 3. The number of sulfonamides is 1. The van der Waals surface area contributed by atoms with Crippen LogP contribution in [0.5, 0.6) is 0 Å². The third-order valence-electron chi connectivity index (χ3n) is 2.62. The number of halogens is 5. The molecule has 0 aliphatic carbocycles. The monoisotopic (exact) mass is 380 g/mol. The first-order valence-corrected chi connectivity index (χ1v) is 7.73. The first-order chi connectivity index (χ1) is 10.2. The number of hydrogen-bond donors (Lipinski definition) is 2. The van der Waals surface area contributed by atoms with Crippen LogP contribution in [0.2, 0.25) is 0 Å². The summed E-state index contributed by atoms with van der Waals surface area (Å²) >= 11 is 0. The maximum atomic E-state index is 13.5. The minimum absolute atomic E-state index is 0. The fourth-order valence-corrected chi connectivity index (χ4v) is 2.67. The number of benzene rings is 1. The Balaban J connectivity index is 0.00000484. The van der Waals surface area contributed by atoms with Crippen molar-refractivity contribution in [2.45, 2.75) is 11.1 Å². The fraction of sp³-hybridized carbons (Fsp3) is 0.500. The van der Waals surface area contributed by atoms with Crippen molar-refractivity contribution in [3.8, 4) is 0 Å². The number of rotatable bonds is 8. The van der Waals surface area contributed by atoms with Gasteiger partial charge in [-0.05, 0) is 18.2 Å². The normalized spacial score (nSPS) is 12.0. The molecule has 0 radical (unpaired) electrons. The highest BCUT2D eigenvalue weighted by atomic mass is 35.5. The van der Waals surface area contributed by atoms with Gasteiger partial charge in [0.1, 0.15) is 10.7 Å². The second kappa shape index (κ2) is 9.38. The number of ether oxygens (including phenoxy) is 1. The third-order valence-corrected chi connectivity index (χ3v) is 4.10. The zero-order valence-electron chi connectivity index (χ0n) is 12.1. The molecule has 1 aromatic carbocycles.